The number of alkyl halides is 3. The lowest BCUT2D eigenvalue weighted by Crippen LogP contribution is -2.28. The van der Waals surface area contributed by atoms with E-state index >= 15 is 0 Å². The number of aliphatic hydroxyl groups is 1. The Bertz CT molecular complexity index is 767. The third-order valence-corrected chi connectivity index (χ3v) is 5.99. The van der Waals surface area contributed by atoms with E-state index in [4.69, 9.17) is 0 Å². The summed E-state index contributed by atoms with van der Waals surface area (Å²) in [6, 6.07) is 7.04. The molecule has 9 heteroatoms. The molecule has 1 atom stereocenters. The first-order chi connectivity index (χ1) is 10.6. The number of hydrogen-bond donors (Lipinski definition) is 2. The van der Waals surface area contributed by atoms with E-state index in [1.807, 2.05) is 0 Å². The monoisotopic (exact) mass is 365 g/mol. The molecule has 2 N–H and O–H groups in total. The Balaban J connectivity index is 2.03. The van der Waals surface area contributed by atoms with Crippen LogP contribution in [0.1, 0.15) is 22.1 Å². The fourth-order valence-electron chi connectivity index (χ4n) is 1.83. The van der Waals surface area contributed by atoms with Crippen LogP contribution in [0.2, 0.25) is 0 Å². The predicted octanol–water partition coefficient (Wildman–Crippen LogP) is 3.09. The van der Waals surface area contributed by atoms with Gasteiger partial charge in [0, 0.05) is 11.4 Å². The van der Waals surface area contributed by atoms with Crippen molar-refractivity contribution in [3.63, 3.8) is 0 Å². The van der Waals surface area contributed by atoms with Gasteiger partial charge < -0.3 is 5.11 Å². The summed E-state index contributed by atoms with van der Waals surface area (Å²) in [5.74, 6) is 0. The van der Waals surface area contributed by atoms with E-state index in [2.05, 4.69) is 4.72 Å². The van der Waals surface area contributed by atoms with Gasteiger partial charge in [-0.15, -0.1) is 11.3 Å². The molecule has 4 nitrogen and oxygen atoms in total. The van der Waals surface area contributed by atoms with Crippen LogP contribution in [0.15, 0.2) is 40.6 Å². The SMILES string of the molecule is Cc1ccc(S(=O)(=O)NC[C@@H](O)c2ccc(C(F)(F)F)cc2)s1. The van der Waals surface area contributed by atoms with Crippen molar-refractivity contribution in [2.75, 3.05) is 6.54 Å². The van der Waals surface area contributed by atoms with Gasteiger partial charge in [-0.2, -0.15) is 13.2 Å². The highest BCUT2D eigenvalue weighted by Crippen LogP contribution is 2.30. The lowest BCUT2D eigenvalue weighted by molar-refractivity contribution is -0.137. The van der Waals surface area contributed by atoms with Crippen molar-refractivity contribution in [3.05, 3.63) is 52.4 Å². The smallest absolute Gasteiger partial charge is 0.387 e. The van der Waals surface area contributed by atoms with Crippen LogP contribution in [0.25, 0.3) is 0 Å². The fourth-order valence-corrected chi connectivity index (χ4v) is 4.19. The summed E-state index contributed by atoms with van der Waals surface area (Å²) in [5, 5.41) is 9.92. The number of nitrogens with one attached hydrogen (secondary N) is 1. The molecular formula is C14H14F3NO3S2. The predicted molar refractivity (Wildman–Crippen MR) is 80.6 cm³/mol. The number of thiophene rings is 1. The topological polar surface area (TPSA) is 66.4 Å². The average molecular weight is 365 g/mol. The first-order valence-electron chi connectivity index (χ1n) is 6.51. The van der Waals surface area contributed by atoms with Crippen molar-refractivity contribution in [1.82, 2.24) is 4.72 Å². The van der Waals surface area contributed by atoms with Gasteiger partial charge in [-0.1, -0.05) is 12.1 Å². The van der Waals surface area contributed by atoms with Gasteiger partial charge in [-0.3, -0.25) is 0 Å². The Kier molecular flexibility index (Phi) is 5.14. The Morgan fingerprint density at radius 3 is 2.26 bits per heavy atom. The van der Waals surface area contributed by atoms with E-state index in [0.717, 1.165) is 40.5 Å². The van der Waals surface area contributed by atoms with E-state index < -0.39 is 27.9 Å². The Labute approximate surface area is 135 Å². The molecule has 2 aromatic rings. The Hall–Kier alpha value is -1.42. The highest BCUT2D eigenvalue weighted by Gasteiger charge is 2.30. The maximum Gasteiger partial charge on any atom is 0.416 e. The number of aliphatic hydroxyl groups excluding tert-OH is 1. The third-order valence-electron chi connectivity index (χ3n) is 3.07. The lowest BCUT2D eigenvalue weighted by atomic mass is 10.1. The van der Waals surface area contributed by atoms with Crippen molar-refractivity contribution in [2.24, 2.45) is 0 Å². The maximum absolute atomic E-state index is 12.5. The molecule has 0 spiro atoms. The summed E-state index contributed by atoms with van der Waals surface area (Å²) in [6.07, 6.45) is -5.70. The normalized spacial score (nSPS) is 14.0. The van der Waals surface area contributed by atoms with E-state index in [-0.39, 0.29) is 16.3 Å². The number of halogens is 3. The Morgan fingerprint density at radius 2 is 1.78 bits per heavy atom. The largest absolute Gasteiger partial charge is 0.416 e. The van der Waals surface area contributed by atoms with Crippen molar-refractivity contribution in [1.29, 1.82) is 0 Å². The van der Waals surface area contributed by atoms with Crippen molar-refractivity contribution in [2.45, 2.75) is 23.4 Å². The zero-order valence-electron chi connectivity index (χ0n) is 12.0. The second kappa shape index (κ2) is 6.60. The van der Waals surface area contributed by atoms with E-state index in [0.29, 0.717) is 0 Å². The van der Waals surface area contributed by atoms with Crippen LogP contribution in [0, 0.1) is 6.92 Å². The van der Waals surface area contributed by atoms with Gasteiger partial charge in [0.2, 0.25) is 10.0 Å². The summed E-state index contributed by atoms with van der Waals surface area (Å²) in [4.78, 5) is 0.827. The first-order valence-corrected chi connectivity index (χ1v) is 8.81. The minimum atomic E-state index is -4.46. The molecule has 0 radical (unpaired) electrons. The zero-order valence-corrected chi connectivity index (χ0v) is 13.6. The molecule has 0 aliphatic rings. The quantitative estimate of drug-likeness (QED) is 0.856. The standard InChI is InChI=1S/C14H14F3NO3S2/c1-9-2-7-13(22-9)23(20,21)18-8-12(19)10-3-5-11(6-4-10)14(15,16)17/h2-7,12,18-19H,8H2,1H3/t12-/m1/s1. The van der Waals surface area contributed by atoms with Crippen LogP contribution in [-0.4, -0.2) is 20.1 Å². The van der Waals surface area contributed by atoms with Gasteiger partial charge in [0.25, 0.3) is 0 Å². The summed E-state index contributed by atoms with van der Waals surface area (Å²) < 4.78 is 63.8. The molecule has 0 aliphatic heterocycles. The molecule has 0 bridgehead atoms. The molecule has 0 unspecified atom stereocenters. The highest BCUT2D eigenvalue weighted by atomic mass is 32.2. The summed E-state index contributed by atoms with van der Waals surface area (Å²) in [6.45, 7) is 1.44. The molecule has 1 aromatic carbocycles. The number of benzene rings is 1. The molecule has 0 amide bonds. The molecule has 0 saturated carbocycles. The van der Waals surface area contributed by atoms with Crippen molar-refractivity contribution >= 4 is 21.4 Å². The number of sulfonamides is 1. The molecule has 0 saturated heterocycles. The lowest BCUT2D eigenvalue weighted by Gasteiger charge is -2.13. The Morgan fingerprint density at radius 1 is 1.17 bits per heavy atom. The summed E-state index contributed by atoms with van der Waals surface area (Å²) >= 11 is 1.09. The number of hydrogen-bond acceptors (Lipinski definition) is 4. The number of aryl methyl sites for hydroxylation is 1. The van der Waals surface area contributed by atoms with Crippen LogP contribution < -0.4 is 4.72 Å². The highest BCUT2D eigenvalue weighted by molar-refractivity contribution is 7.91. The van der Waals surface area contributed by atoms with Crippen LogP contribution in [-0.2, 0) is 16.2 Å². The van der Waals surface area contributed by atoms with Gasteiger partial charge in [-0.05, 0) is 36.8 Å². The minimum Gasteiger partial charge on any atom is -0.387 e. The van der Waals surface area contributed by atoms with E-state index in [9.17, 15) is 26.7 Å². The third kappa shape index (κ3) is 4.54. The summed E-state index contributed by atoms with van der Waals surface area (Å²) in [7, 11) is -3.75. The van der Waals surface area contributed by atoms with Gasteiger partial charge in [0.15, 0.2) is 0 Å². The van der Waals surface area contributed by atoms with Crippen LogP contribution in [0.3, 0.4) is 0 Å². The van der Waals surface area contributed by atoms with Gasteiger partial charge >= 0.3 is 6.18 Å². The number of rotatable bonds is 5. The van der Waals surface area contributed by atoms with E-state index in [1.54, 1.807) is 13.0 Å². The first kappa shape index (κ1) is 17.9. The van der Waals surface area contributed by atoms with Crippen LogP contribution >= 0.6 is 11.3 Å². The molecule has 0 fully saturated rings. The van der Waals surface area contributed by atoms with Crippen molar-refractivity contribution < 1.29 is 26.7 Å². The van der Waals surface area contributed by atoms with E-state index in [1.165, 1.54) is 6.07 Å². The van der Waals surface area contributed by atoms with Crippen LogP contribution in [0.5, 0.6) is 0 Å². The average Bonchev–Trinajstić information content (AvgIpc) is 2.91. The molecule has 1 heterocycles. The molecule has 23 heavy (non-hydrogen) atoms. The minimum absolute atomic E-state index is 0.120. The zero-order chi connectivity index (χ0) is 17.3. The summed E-state index contributed by atoms with van der Waals surface area (Å²) in [5.41, 5.74) is -0.633. The van der Waals surface area contributed by atoms with Gasteiger partial charge in [0.05, 0.1) is 11.7 Å². The maximum atomic E-state index is 12.5. The molecule has 0 aliphatic carbocycles. The fraction of sp³-hybridized carbons (Fsp3) is 0.286. The molecule has 126 valence electrons. The van der Waals surface area contributed by atoms with Crippen LogP contribution in [0.4, 0.5) is 13.2 Å². The van der Waals surface area contributed by atoms with Crippen molar-refractivity contribution in [3.8, 4) is 0 Å². The van der Waals surface area contributed by atoms with Gasteiger partial charge in [0.1, 0.15) is 4.21 Å². The molecular weight excluding hydrogens is 351 g/mol. The second-order valence-corrected chi connectivity index (χ2v) is 8.13. The molecule has 1 aromatic heterocycles. The van der Waals surface area contributed by atoms with Gasteiger partial charge in [-0.25, -0.2) is 13.1 Å². The second-order valence-electron chi connectivity index (χ2n) is 4.85. The molecule has 2 rings (SSSR count).